The van der Waals surface area contributed by atoms with E-state index in [1.165, 1.54) is 32.1 Å². The summed E-state index contributed by atoms with van der Waals surface area (Å²) in [5.41, 5.74) is 2.85. The van der Waals surface area contributed by atoms with Crippen molar-refractivity contribution >= 4 is 9.24 Å². The third-order valence-electron chi connectivity index (χ3n) is 4.20. The smallest absolute Gasteiger partial charge is 0.000193 e. The molecule has 0 saturated heterocycles. The van der Waals surface area contributed by atoms with Crippen LogP contribution in [0.15, 0.2) is 11.6 Å². The second-order valence-electron chi connectivity index (χ2n) is 8.11. The average molecular weight is 268 g/mol. The zero-order chi connectivity index (χ0) is 14.0. The molecule has 2 atom stereocenters. The lowest BCUT2D eigenvalue weighted by molar-refractivity contribution is 0.357. The molecule has 0 nitrogen and oxygen atoms in total. The maximum Gasteiger partial charge on any atom is -0.000193 e. The van der Waals surface area contributed by atoms with E-state index in [1.807, 2.05) is 0 Å². The Balaban J connectivity index is 2.94. The van der Waals surface area contributed by atoms with Gasteiger partial charge in [-0.05, 0) is 35.2 Å². The van der Waals surface area contributed by atoms with E-state index < -0.39 is 0 Å². The molecule has 2 unspecified atom stereocenters. The Morgan fingerprint density at radius 1 is 1.00 bits per heavy atom. The van der Waals surface area contributed by atoms with Gasteiger partial charge in [-0.25, -0.2) is 0 Å². The lowest BCUT2D eigenvalue weighted by atomic mass is 9.74. The van der Waals surface area contributed by atoms with Gasteiger partial charge in [0.25, 0.3) is 0 Å². The van der Waals surface area contributed by atoms with Crippen molar-refractivity contribution in [2.75, 3.05) is 0 Å². The molecule has 0 aliphatic heterocycles. The van der Waals surface area contributed by atoms with Crippen LogP contribution in [-0.2, 0) is 0 Å². The van der Waals surface area contributed by atoms with Crippen molar-refractivity contribution in [2.24, 2.45) is 16.7 Å². The van der Waals surface area contributed by atoms with Crippen LogP contribution >= 0.6 is 9.24 Å². The number of allylic oxidation sites excluding steroid dienone is 2. The molecule has 18 heavy (non-hydrogen) atoms. The third kappa shape index (κ3) is 4.69. The molecule has 0 N–H and O–H groups in total. The normalized spacial score (nSPS) is 22.1. The summed E-state index contributed by atoms with van der Waals surface area (Å²) in [6.45, 7) is 14.2. The molecular formula is C17H33P. The molecule has 1 aliphatic rings. The first-order chi connectivity index (χ1) is 8.12. The van der Waals surface area contributed by atoms with Crippen molar-refractivity contribution in [1.82, 2.24) is 0 Å². The van der Waals surface area contributed by atoms with E-state index in [9.17, 15) is 0 Å². The van der Waals surface area contributed by atoms with Gasteiger partial charge in [0.1, 0.15) is 0 Å². The average Bonchev–Trinajstić information content (AvgIpc) is 2.23. The molecule has 0 spiro atoms. The van der Waals surface area contributed by atoms with Crippen LogP contribution in [0, 0.1) is 16.7 Å². The molecular weight excluding hydrogens is 235 g/mol. The van der Waals surface area contributed by atoms with Crippen molar-refractivity contribution in [3.8, 4) is 0 Å². The first-order valence-electron chi connectivity index (χ1n) is 7.60. The Morgan fingerprint density at radius 3 is 1.89 bits per heavy atom. The van der Waals surface area contributed by atoms with Gasteiger partial charge in [0.15, 0.2) is 0 Å². The van der Waals surface area contributed by atoms with Crippen molar-refractivity contribution in [3.63, 3.8) is 0 Å². The van der Waals surface area contributed by atoms with Gasteiger partial charge in [-0.15, -0.1) is 9.24 Å². The fraction of sp³-hybridized carbons (Fsp3) is 0.882. The molecule has 0 bridgehead atoms. The summed E-state index contributed by atoms with van der Waals surface area (Å²) in [4.78, 5) is 0. The molecule has 1 saturated carbocycles. The minimum atomic E-state index is 0.289. The van der Waals surface area contributed by atoms with Gasteiger partial charge < -0.3 is 0 Å². The van der Waals surface area contributed by atoms with Crippen LogP contribution < -0.4 is 0 Å². The van der Waals surface area contributed by atoms with Crippen LogP contribution in [0.25, 0.3) is 0 Å². The standard InChI is InChI=1S/C17H33P/c1-16(2,3)14(15(18)17(4,5)6)12-13-10-8-7-9-11-13/h12-13,15H,7-11,18H2,1-6H3. The van der Waals surface area contributed by atoms with E-state index in [-0.39, 0.29) is 5.41 Å². The van der Waals surface area contributed by atoms with Gasteiger partial charge >= 0.3 is 0 Å². The van der Waals surface area contributed by atoms with E-state index in [2.05, 4.69) is 56.9 Å². The summed E-state index contributed by atoms with van der Waals surface area (Å²) >= 11 is 0. The summed E-state index contributed by atoms with van der Waals surface area (Å²) in [5, 5.41) is 0. The second-order valence-corrected chi connectivity index (χ2v) is 8.78. The first-order valence-corrected chi connectivity index (χ1v) is 8.27. The van der Waals surface area contributed by atoms with Gasteiger partial charge in [-0.3, -0.25) is 0 Å². The molecule has 1 fully saturated rings. The summed E-state index contributed by atoms with van der Waals surface area (Å²) in [7, 11) is 3.10. The molecule has 0 amide bonds. The zero-order valence-electron chi connectivity index (χ0n) is 13.3. The Labute approximate surface area is 117 Å². The maximum absolute atomic E-state index is 3.10. The van der Waals surface area contributed by atoms with Crippen LogP contribution in [0.1, 0.15) is 73.6 Å². The van der Waals surface area contributed by atoms with Crippen LogP contribution in [0.2, 0.25) is 0 Å². The monoisotopic (exact) mass is 268 g/mol. The first kappa shape index (κ1) is 16.2. The topological polar surface area (TPSA) is 0 Å². The highest BCUT2D eigenvalue weighted by molar-refractivity contribution is 7.18. The second kappa shape index (κ2) is 6.08. The molecule has 0 aromatic carbocycles. The van der Waals surface area contributed by atoms with E-state index >= 15 is 0 Å². The Hall–Kier alpha value is 0.170. The van der Waals surface area contributed by atoms with E-state index in [0.29, 0.717) is 11.1 Å². The predicted octanol–water partition coefficient (Wildman–Crippen LogP) is 5.83. The molecule has 1 rings (SSSR count). The number of rotatable bonds is 2. The fourth-order valence-electron chi connectivity index (χ4n) is 2.84. The van der Waals surface area contributed by atoms with E-state index in [0.717, 1.165) is 5.92 Å². The van der Waals surface area contributed by atoms with E-state index in [1.54, 1.807) is 5.57 Å². The SMILES string of the molecule is CC(C)(C)C(=CC1CCCCC1)C(P)C(C)(C)C. The largest absolute Gasteiger partial charge is 0.130 e. The van der Waals surface area contributed by atoms with Crippen molar-refractivity contribution < 1.29 is 0 Å². The van der Waals surface area contributed by atoms with Crippen LogP contribution in [0.4, 0.5) is 0 Å². The molecule has 1 aliphatic carbocycles. The summed E-state index contributed by atoms with van der Waals surface area (Å²) in [6, 6.07) is 0. The molecule has 0 radical (unpaired) electrons. The minimum absolute atomic E-state index is 0.289. The maximum atomic E-state index is 3.10. The summed E-state index contributed by atoms with van der Waals surface area (Å²) < 4.78 is 0. The zero-order valence-corrected chi connectivity index (χ0v) is 14.5. The summed E-state index contributed by atoms with van der Waals surface area (Å²) in [5.74, 6) is 0.832. The fourth-order valence-corrected chi connectivity index (χ4v) is 3.45. The van der Waals surface area contributed by atoms with Crippen LogP contribution in [0.5, 0.6) is 0 Å². The van der Waals surface area contributed by atoms with Gasteiger partial charge in [0, 0.05) is 0 Å². The van der Waals surface area contributed by atoms with Gasteiger partial charge in [0.2, 0.25) is 0 Å². The molecule has 106 valence electrons. The Kier molecular flexibility index (Phi) is 5.48. The van der Waals surface area contributed by atoms with Crippen LogP contribution in [0.3, 0.4) is 0 Å². The van der Waals surface area contributed by atoms with Gasteiger partial charge in [-0.1, -0.05) is 72.5 Å². The van der Waals surface area contributed by atoms with Gasteiger partial charge in [0.05, 0.1) is 0 Å². The van der Waals surface area contributed by atoms with Gasteiger partial charge in [-0.2, -0.15) is 0 Å². The third-order valence-corrected chi connectivity index (χ3v) is 5.56. The highest BCUT2D eigenvalue weighted by atomic mass is 31.0. The summed E-state index contributed by atoms with van der Waals surface area (Å²) in [6.07, 6.45) is 9.73. The molecule has 0 aromatic rings. The van der Waals surface area contributed by atoms with Crippen molar-refractivity contribution in [3.05, 3.63) is 11.6 Å². The Bertz CT molecular complexity index is 282. The predicted molar refractivity (Wildman–Crippen MR) is 87.1 cm³/mol. The van der Waals surface area contributed by atoms with E-state index in [4.69, 9.17) is 0 Å². The molecule has 0 heterocycles. The van der Waals surface area contributed by atoms with Crippen molar-refractivity contribution in [2.45, 2.75) is 79.3 Å². The Morgan fingerprint density at radius 2 is 1.50 bits per heavy atom. The number of hydrogen-bond acceptors (Lipinski definition) is 0. The lowest BCUT2D eigenvalue weighted by Crippen LogP contribution is -2.29. The highest BCUT2D eigenvalue weighted by Gasteiger charge is 2.31. The van der Waals surface area contributed by atoms with Crippen LogP contribution in [-0.4, -0.2) is 5.66 Å². The lowest BCUT2D eigenvalue weighted by Gasteiger charge is -2.37. The highest BCUT2D eigenvalue weighted by Crippen LogP contribution is 2.42. The molecule has 0 aromatic heterocycles. The quantitative estimate of drug-likeness (QED) is 0.436. The minimum Gasteiger partial charge on any atom is -0.130 e. The number of hydrogen-bond donors (Lipinski definition) is 0. The molecule has 1 heteroatoms. The van der Waals surface area contributed by atoms with Crippen molar-refractivity contribution in [1.29, 1.82) is 0 Å².